The molecule has 0 radical (unpaired) electrons. The molecular weight excluding hydrogens is 461 g/mol. The van der Waals surface area contributed by atoms with Crippen LogP contribution in [0.5, 0.6) is 5.75 Å². The zero-order chi connectivity index (χ0) is 25.0. The molecule has 7 nitrogen and oxygen atoms in total. The highest BCUT2D eigenvalue weighted by Crippen LogP contribution is 2.31. The minimum atomic E-state index is -4.38. The van der Waals surface area contributed by atoms with E-state index in [4.69, 9.17) is 4.74 Å². The molecule has 184 valence electrons. The van der Waals surface area contributed by atoms with Crippen LogP contribution in [-0.4, -0.2) is 49.0 Å². The number of benzene rings is 2. The fourth-order valence-electron chi connectivity index (χ4n) is 4.04. The molecule has 1 aliphatic rings. The van der Waals surface area contributed by atoms with Crippen molar-refractivity contribution in [3.8, 4) is 5.75 Å². The topological polar surface area (TPSA) is 86.7 Å². The highest BCUT2D eigenvalue weighted by molar-refractivity contribution is 5.93. The second-order valence-electron chi connectivity index (χ2n) is 8.20. The fraction of sp³-hybridized carbons (Fsp3) is 0.280. The molecule has 0 bridgehead atoms. The van der Waals surface area contributed by atoms with Crippen LogP contribution < -0.4 is 20.3 Å². The van der Waals surface area contributed by atoms with Crippen molar-refractivity contribution in [2.45, 2.75) is 18.6 Å². The number of carbonyl (C=O) groups is 1. The minimum Gasteiger partial charge on any atom is -0.484 e. The molecule has 0 unspecified atom stereocenters. The van der Waals surface area contributed by atoms with Crippen molar-refractivity contribution in [3.05, 3.63) is 77.6 Å². The SMILES string of the molecule is CN(c1ccc(OCC(F)(F)F)cc1)c1ccc2c(c1)CCN[C@@H]2CNc1cnccc1C(=O)O. The van der Waals surface area contributed by atoms with Crippen LogP contribution in [0, 0.1) is 0 Å². The smallest absolute Gasteiger partial charge is 0.422 e. The number of ether oxygens (including phenoxy) is 1. The molecule has 0 spiro atoms. The summed E-state index contributed by atoms with van der Waals surface area (Å²) in [6.07, 6.45) is -0.586. The normalized spacial score (nSPS) is 15.3. The molecule has 4 rings (SSSR count). The Morgan fingerprint density at radius 3 is 2.66 bits per heavy atom. The van der Waals surface area contributed by atoms with Gasteiger partial charge < -0.3 is 25.4 Å². The molecular formula is C25H25F3N4O3. The Kier molecular flexibility index (Phi) is 7.11. The third-order valence-corrected chi connectivity index (χ3v) is 5.85. The van der Waals surface area contributed by atoms with Crippen LogP contribution in [0.15, 0.2) is 60.9 Å². The molecule has 3 aromatic rings. The predicted octanol–water partition coefficient (Wildman–Crippen LogP) is 4.79. The number of anilines is 3. The van der Waals surface area contributed by atoms with Crippen LogP contribution in [0.4, 0.5) is 30.2 Å². The summed E-state index contributed by atoms with van der Waals surface area (Å²) in [5, 5.41) is 16.0. The van der Waals surface area contributed by atoms with Gasteiger partial charge in [-0.05, 0) is 66.6 Å². The number of hydrogen-bond donors (Lipinski definition) is 3. The number of pyridine rings is 1. The Labute approximate surface area is 200 Å². The van der Waals surface area contributed by atoms with Crippen molar-refractivity contribution in [1.29, 1.82) is 0 Å². The van der Waals surface area contributed by atoms with Crippen molar-refractivity contribution in [3.63, 3.8) is 0 Å². The van der Waals surface area contributed by atoms with Gasteiger partial charge in [-0.15, -0.1) is 0 Å². The molecule has 2 aromatic carbocycles. The third kappa shape index (κ3) is 6.02. The lowest BCUT2D eigenvalue weighted by Crippen LogP contribution is -2.34. The van der Waals surface area contributed by atoms with E-state index in [1.165, 1.54) is 36.2 Å². The molecule has 0 saturated carbocycles. The van der Waals surface area contributed by atoms with Crippen LogP contribution in [-0.2, 0) is 6.42 Å². The lowest BCUT2D eigenvalue weighted by atomic mass is 9.93. The largest absolute Gasteiger partial charge is 0.484 e. The molecule has 3 N–H and O–H groups in total. The minimum absolute atomic E-state index is 0.00924. The number of aromatic nitrogens is 1. The quantitative estimate of drug-likeness (QED) is 0.422. The molecule has 1 aromatic heterocycles. The first-order valence-corrected chi connectivity index (χ1v) is 11.0. The van der Waals surface area contributed by atoms with E-state index in [0.29, 0.717) is 12.2 Å². The van der Waals surface area contributed by atoms with Crippen LogP contribution in [0.25, 0.3) is 0 Å². The molecule has 35 heavy (non-hydrogen) atoms. The molecule has 10 heteroatoms. The van der Waals surface area contributed by atoms with Crippen LogP contribution in [0.1, 0.15) is 27.5 Å². The van der Waals surface area contributed by atoms with E-state index in [-0.39, 0.29) is 17.4 Å². The third-order valence-electron chi connectivity index (χ3n) is 5.85. The second-order valence-corrected chi connectivity index (χ2v) is 8.20. The van der Waals surface area contributed by atoms with Gasteiger partial charge in [-0.25, -0.2) is 4.79 Å². The van der Waals surface area contributed by atoms with E-state index in [9.17, 15) is 23.1 Å². The zero-order valence-corrected chi connectivity index (χ0v) is 19.0. The number of fused-ring (bicyclic) bond motifs is 1. The molecule has 0 amide bonds. The first-order chi connectivity index (χ1) is 16.7. The number of alkyl halides is 3. The Hall–Kier alpha value is -3.79. The maximum atomic E-state index is 12.4. The molecule has 1 aliphatic heterocycles. The second kappa shape index (κ2) is 10.2. The molecule has 0 fully saturated rings. The van der Waals surface area contributed by atoms with E-state index in [2.05, 4.69) is 21.7 Å². The number of nitrogens with zero attached hydrogens (tertiary/aromatic N) is 2. The van der Waals surface area contributed by atoms with Crippen molar-refractivity contribution < 1.29 is 27.8 Å². The Morgan fingerprint density at radius 1 is 1.20 bits per heavy atom. The van der Waals surface area contributed by atoms with E-state index in [1.807, 2.05) is 24.1 Å². The average molecular weight is 486 g/mol. The van der Waals surface area contributed by atoms with Crippen LogP contribution in [0.2, 0.25) is 0 Å². The van der Waals surface area contributed by atoms with Gasteiger partial charge in [0, 0.05) is 37.2 Å². The lowest BCUT2D eigenvalue weighted by Gasteiger charge is -2.29. The summed E-state index contributed by atoms with van der Waals surface area (Å²) < 4.78 is 41.8. The number of halogens is 3. The van der Waals surface area contributed by atoms with Gasteiger partial charge in [-0.2, -0.15) is 13.2 Å². The van der Waals surface area contributed by atoms with Gasteiger partial charge in [-0.3, -0.25) is 4.98 Å². The zero-order valence-electron chi connectivity index (χ0n) is 19.0. The van der Waals surface area contributed by atoms with Gasteiger partial charge in [0.15, 0.2) is 6.61 Å². The van der Waals surface area contributed by atoms with Gasteiger partial charge in [0.25, 0.3) is 0 Å². The van der Waals surface area contributed by atoms with E-state index in [1.54, 1.807) is 12.1 Å². The molecule has 0 saturated heterocycles. The molecule has 1 atom stereocenters. The average Bonchev–Trinajstić information content (AvgIpc) is 2.85. The van der Waals surface area contributed by atoms with Crippen molar-refractivity contribution in [2.24, 2.45) is 0 Å². The maximum Gasteiger partial charge on any atom is 0.422 e. The van der Waals surface area contributed by atoms with E-state index < -0.39 is 18.8 Å². The van der Waals surface area contributed by atoms with Crippen molar-refractivity contribution in [2.75, 3.05) is 37.0 Å². The Balaban J connectivity index is 1.45. The van der Waals surface area contributed by atoms with E-state index in [0.717, 1.165) is 29.9 Å². The number of rotatable bonds is 8. The summed E-state index contributed by atoms with van der Waals surface area (Å²) in [6.45, 7) is -0.0560. The Morgan fingerprint density at radius 2 is 1.94 bits per heavy atom. The molecule has 0 aliphatic carbocycles. The van der Waals surface area contributed by atoms with Crippen molar-refractivity contribution >= 4 is 23.0 Å². The van der Waals surface area contributed by atoms with Crippen molar-refractivity contribution in [1.82, 2.24) is 10.3 Å². The summed E-state index contributed by atoms with van der Waals surface area (Å²) in [4.78, 5) is 17.4. The summed E-state index contributed by atoms with van der Waals surface area (Å²) in [7, 11) is 1.89. The van der Waals surface area contributed by atoms with Crippen LogP contribution >= 0.6 is 0 Å². The summed E-state index contributed by atoms with van der Waals surface area (Å²) in [6, 6.07) is 14.1. The van der Waals surface area contributed by atoms with Crippen LogP contribution in [0.3, 0.4) is 0 Å². The first-order valence-electron chi connectivity index (χ1n) is 11.0. The number of hydrogen-bond acceptors (Lipinski definition) is 6. The fourth-order valence-corrected chi connectivity index (χ4v) is 4.04. The summed E-state index contributed by atoms with van der Waals surface area (Å²) in [5.41, 5.74) is 4.69. The first kappa shape index (κ1) is 24.3. The number of carboxylic acids is 1. The van der Waals surface area contributed by atoms with Gasteiger partial charge in [0.05, 0.1) is 17.4 Å². The van der Waals surface area contributed by atoms with Gasteiger partial charge in [0.1, 0.15) is 5.75 Å². The number of carboxylic acid groups (broad SMARTS) is 1. The standard InChI is InChI=1S/C25H25F3N4O3/c1-32(17-2-5-19(6-3-17)35-15-25(26,27)28)18-4-7-20-16(12-18)8-11-30-23(20)14-31-22-13-29-10-9-21(22)24(33)34/h2-7,9-10,12-13,23,30-31H,8,11,14-15H2,1H3,(H,33,34)/t23-/m1/s1. The summed E-state index contributed by atoms with van der Waals surface area (Å²) in [5.74, 6) is -0.856. The lowest BCUT2D eigenvalue weighted by molar-refractivity contribution is -0.153. The number of aromatic carboxylic acids is 1. The maximum absolute atomic E-state index is 12.4. The Bertz CT molecular complexity index is 1190. The highest BCUT2D eigenvalue weighted by atomic mass is 19.4. The van der Waals surface area contributed by atoms with E-state index >= 15 is 0 Å². The number of nitrogens with one attached hydrogen (secondary N) is 2. The monoisotopic (exact) mass is 486 g/mol. The molecule has 2 heterocycles. The van der Waals surface area contributed by atoms with Gasteiger partial charge >= 0.3 is 12.1 Å². The summed E-state index contributed by atoms with van der Waals surface area (Å²) >= 11 is 0. The predicted molar refractivity (Wildman–Crippen MR) is 127 cm³/mol. The van der Waals surface area contributed by atoms with Gasteiger partial charge in [-0.1, -0.05) is 6.07 Å². The van der Waals surface area contributed by atoms with Gasteiger partial charge in [0.2, 0.25) is 0 Å². The highest BCUT2D eigenvalue weighted by Gasteiger charge is 2.28.